The van der Waals surface area contributed by atoms with Gasteiger partial charge in [0.2, 0.25) is 0 Å². The largest absolute Gasteiger partial charge is 0.453 e. The van der Waals surface area contributed by atoms with E-state index in [9.17, 15) is 9.59 Å². The van der Waals surface area contributed by atoms with Crippen molar-refractivity contribution in [3.05, 3.63) is 0 Å². The molecule has 2 amide bonds. The molecule has 5 nitrogen and oxygen atoms in total. The minimum atomic E-state index is -0.849. The third-order valence-electron chi connectivity index (χ3n) is 0.666. The van der Waals surface area contributed by atoms with E-state index in [0.717, 1.165) is 0 Å². The second-order valence-electron chi connectivity index (χ2n) is 3.20. The van der Waals surface area contributed by atoms with Gasteiger partial charge < -0.3 is 4.74 Å². The molecule has 12 heavy (non-hydrogen) atoms. The van der Waals surface area contributed by atoms with E-state index in [1.807, 2.05) is 0 Å². The molecule has 0 aliphatic rings. The van der Waals surface area contributed by atoms with Crippen molar-refractivity contribution < 1.29 is 14.3 Å². The predicted octanol–water partition coefficient (Wildman–Crippen LogP) is 1.92. The molecule has 5 heteroatoms. The average molecular weight is 172 g/mol. The van der Waals surface area contributed by atoms with Crippen LogP contribution in [0, 0.1) is 0 Å². The average Bonchev–Trinajstić information content (AvgIpc) is 1.79. The number of ether oxygens (including phenoxy) is 1. The van der Waals surface area contributed by atoms with Crippen LogP contribution in [0.2, 0.25) is 0 Å². The van der Waals surface area contributed by atoms with Gasteiger partial charge in [0.05, 0.1) is 0 Å². The Morgan fingerprint density at radius 1 is 1.17 bits per heavy atom. The Morgan fingerprint density at radius 2 is 1.67 bits per heavy atom. The van der Waals surface area contributed by atoms with Gasteiger partial charge in [-0.05, 0) is 20.8 Å². The summed E-state index contributed by atoms with van der Waals surface area (Å²) < 4.78 is 4.74. The lowest BCUT2D eigenvalue weighted by Gasteiger charge is -2.16. The minimum Gasteiger partial charge on any atom is -0.441 e. The fourth-order valence-electron chi connectivity index (χ4n) is 0.394. The summed E-state index contributed by atoms with van der Waals surface area (Å²) in [7, 11) is 0. The highest BCUT2D eigenvalue weighted by Gasteiger charge is 2.15. The highest BCUT2D eigenvalue weighted by atomic mass is 16.6. The van der Waals surface area contributed by atoms with Crippen LogP contribution in [-0.4, -0.2) is 17.6 Å². The Kier molecular flexibility index (Phi) is 3.53. The minimum absolute atomic E-state index is 0.527. The fourth-order valence-corrected chi connectivity index (χ4v) is 0.394. The van der Waals surface area contributed by atoms with Crippen LogP contribution in [0.15, 0.2) is 10.2 Å². The molecule has 0 aliphatic carbocycles. The number of amides is 2. The lowest BCUT2D eigenvalue weighted by molar-refractivity contribution is -0.116. The van der Waals surface area contributed by atoms with E-state index in [-0.39, 0.29) is 0 Å². The van der Waals surface area contributed by atoms with Crippen molar-refractivity contribution in [3.8, 4) is 0 Å². The number of hydrogen-bond acceptors (Lipinski definition) is 3. The highest BCUT2D eigenvalue weighted by molar-refractivity contribution is 5.76. The van der Waals surface area contributed by atoms with E-state index in [1.54, 1.807) is 20.8 Å². The molecule has 0 saturated carbocycles. The van der Waals surface area contributed by atoms with Crippen LogP contribution in [0.25, 0.3) is 0 Å². The molecule has 0 heterocycles. The summed E-state index contributed by atoms with van der Waals surface area (Å²) in [6.07, 6.45) is -0.849. The maximum Gasteiger partial charge on any atom is 0.453 e. The topological polar surface area (TPSA) is 68.1 Å². The summed E-state index contributed by atoms with van der Waals surface area (Å²) >= 11 is 0. The van der Waals surface area contributed by atoms with Crippen molar-refractivity contribution >= 4 is 12.0 Å². The summed E-state index contributed by atoms with van der Waals surface area (Å²) in [6.45, 7) is 6.31. The van der Waals surface area contributed by atoms with Crippen molar-refractivity contribution in [1.29, 1.82) is 0 Å². The monoisotopic (exact) mass is 172 g/mol. The molecule has 0 unspecified atom stereocenters. The highest BCUT2D eigenvalue weighted by Crippen LogP contribution is 2.07. The molecule has 0 radical (unpaired) electrons. The summed E-state index contributed by atoms with van der Waals surface area (Å²) in [6, 6.07) is 0. The van der Waals surface area contributed by atoms with Gasteiger partial charge in [0.1, 0.15) is 5.60 Å². The number of hydrogen-bond donors (Lipinski definition) is 0. The maximum atomic E-state index is 10.7. The standard InChI is InChI=1S/C7H12N2O3/c1-5(10)8-9-6(11)12-7(2,3)4/h1-4H3/b9-8+. The summed E-state index contributed by atoms with van der Waals surface area (Å²) in [5.41, 5.74) is -0.604. The second kappa shape index (κ2) is 3.94. The zero-order chi connectivity index (χ0) is 9.78. The first-order chi connectivity index (χ1) is 5.31. The van der Waals surface area contributed by atoms with Gasteiger partial charge in [-0.2, -0.15) is 0 Å². The molecule has 68 valence electrons. The molecule has 0 fully saturated rings. The maximum absolute atomic E-state index is 10.7. The Bertz CT molecular complexity index is 215. The van der Waals surface area contributed by atoms with Crippen LogP contribution in [0.5, 0.6) is 0 Å². The van der Waals surface area contributed by atoms with E-state index in [2.05, 4.69) is 10.2 Å². The first kappa shape index (κ1) is 10.7. The van der Waals surface area contributed by atoms with Crippen molar-refractivity contribution in [2.75, 3.05) is 0 Å². The predicted molar refractivity (Wildman–Crippen MR) is 41.8 cm³/mol. The zero-order valence-corrected chi connectivity index (χ0v) is 7.62. The Balaban J connectivity index is 3.99. The summed E-state index contributed by atoms with van der Waals surface area (Å²) in [5, 5.41) is 6.04. The first-order valence-electron chi connectivity index (χ1n) is 3.46. The molecule has 0 aromatic carbocycles. The fraction of sp³-hybridized carbons (Fsp3) is 0.714. The lowest BCUT2D eigenvalue weighted by Crippen LogP contribution is -2.21. The molecule has 0 aromatic rings. The van der Waals surface area contributed by atoms with Crippen LogP contribution in [0.3, 0.4) is 0 Å². The molecule has 0 spiro atoms. The first-order valence-corrected chi connectivity index (χ1v) is 3.46. The van der Waals surface area contributed by atoms with Gasteiger partial charge in [0.15, 0.2) is 0 Å². The molecule has 0 bridgehead atoms. The van der Waals surface area contributed by atoms with Gasteiger partial charge in [0.25, 0.3) is 5.91 Å². The van der Waals surface area contributed by atoms with Gasteiger partial charge in [0, 0.05) is 6.92 Å². The zero-order valence-electron chi connectivity index (χ0n) is 7.62. The summed E-state index contributed by atoms with van der Waals surface area (Å²) in [5.74, 6) is -0.527. The van der Waals surface area contributed by atoms with E-state index < -0.39 is 17.6 Å². The third-order valence-corrected chi connectivity index (χ3v) is 0.666. The Labute approximate surface area is 70.8 Å². The summed E-state index contributed by atoms with van der Waals surface area (Å²) in [4.78, 5) is 21.0. The molecular weight excluding hydrogens is 160 g/mol. The van der Waals surface area contributed by atoms with Crippen LogP contribution in [0.4, 0.5) is 4.79 Å². The molecular formula is C7H12N2O3. The van der Waals surface area contributed by atoms with E-state index in [0.29, 0.717) is 0 Å². The third kappa shape index (κ3) is 6.85. The number of rotatable bonds is 0. The van der Waals surface area contributed by atoms with Gasteiger partial charge in [-0.25, -0.2) is 4.79 Å². The van der Waals surface area contributed by atoms with Crippen LogP contribution >= 0.6 is 0 Å². The van der Waals surface area contributed by atoms with E-state index >= 15 is 0 Å². The molecule has 0 N–H and O–H groups in total. The number of azo groups is 1. The van der Waals surface area contributed by atoms with Crippen molar-refractivity contribution in [3.63, 3.8) is 0 Å². The van der Waals surface area contributed by atoms with Gasteiger partial charge in [-0.15, -0.1) is 5.11 Å². The van der Waals surface area contributed by atoms with Crippen molar-refractivity contribution in [1.82, 2.24) is 0 Å². The molecule has 0 atom stereocenters. The lowest BCUT2D eigenvalue weighted by atomic mass is 10.2. The normalized spacial score (nSPS) is 11.7. The molecule has 0 rings (SSSR count). The van der Waals surface area contributed by atoms with Crippen LogP contribution < -0.4 is 0 Å². The van der Waals surface area contributed by atoms with Gasteiger partial charge in [-0.3, -0.25) is 4.79 Å². The van der Waals surface area contributed by atoms with E-state index in [4.69, 9.17) is 4.74 Å². The second-order valence-corrected chi connectivity index (χ2v) is 3.20. The van der Waals surface area contributed by atoms with Crippen LogP contribution in [-0.2, 0) is 9.53 Å². The molecule has 0 aromatic heterocycles. The van der Waals surface area contributed by atoms with Crippen molar-refractivity contribution in [2.45, 2.75) is 33.3 Å². The number of carbonyl (C=O) groups is 2. The van der Waals surface area contributed by atoms with Gasteiger partial charge >= 0.3 is 6.09 Å². The van der Waals surface area contributed by atoms with E-state index in [1.165, 1.54) is 6.92 Å². The number of nitrogens with zero attached hydrogens (tertiary/aromatic N) is 2. The number of carbonyl (C=O) groups excluding carboxylic acids is 2. The Morgan fingerprint density at radius 3 is 2.00 bits per heavy atom. The van der Waals surface area contributed by atoms with Crippen molar-refractivity contribution in [2.24, 2.45) is 10.2 Å². The SMILES string of the molecule is CC(=O)/N=N/C(=O)OC(C)(C)C. The smallest absolute Gasteiger partial charge is 0.441 e. The van der Waals surface area contributed by atoms with Crippen LogP contribution in [0.1, 0.15) is 27.7 Å². The van der Waals surface area contributed by atoms with Gasteiger partial charge in [-0.1, -0.05) is 5.11 Å². The Hall–Kier alpha value is -1.26. The quantitative estimate of drug-likeness (QED) is 0.524. The molecule has 0 aliphatic heterocycles. The molecule has 0 saturated heterocycles.